The number of nitrogens with one attached hydrogen (secondary N) is 1. The molecule has 0 unspecified atom stereocenters. The SMILES string of the molecule is Cc1ccc(C(=O)Nc2nc3ccc(Cl)cc3s2)cc1N. The van der Waals surface area contributed by atoms with Crippen molar-refractivity contribution in [2.24, 2.45) is 0 Å². The minimum absolute atomic E-state index is 0.230. The first kappa shape index (κ1) is 13.9. The summed E-state index contributed by atoms with van der Waals surface area (Å²) in [7, 11) is 0. The Balaban J connectivity index is 1.87. The summed E-state index contributed by atoms with van der Waals surface area (Å²) in [5.41, 5.74) is 8.68. The van der Waals surface area contributed by atoms with Crippen LogP contribution < -0.4 is 11.1 Å². The van der Waals surface area contributed by atoms with Crippen LogP contribution in [-0.4, -0.2) is 10.9 Å². The van der Waals surface area contributed by atoms with Crippen LogP contribution in [0.5, 0.6) is 0 Å². The minimum Gasteiger partial charge on any atom is -0.398 e. The zero-order valence-corrected chi connectivity index (χ0v) is 12.8. The summed E-state index contributed by atoms with van der Waals surface area (Å²) in [5, 5.41) is 3.97. The van der Waals surface area contributed by atoms with Crippen LogP contribution >= 0.6 is 22.9 Å². The lowest BCUT2D eigenvalue weighted by Gasteiger charge is -2.04. The molecular formula is C15H12ClN3OS. The first-order chi connectivity index (χ1) is 10.0. The quantitative estimate of drug-likeness (QED) is 0.699. The summed E-state index contributed by atoms with van der Waals surface area (Å²) in [5.74, 6) is -0.230. The Bertz CT molecular complexity index is 844. The lowest BCUT2D eigenvalue weighted by atomic mass is 10.1. The second-order valence-electron chi connectivity index (χ2n) is 4.66. The number of halogens is 1. The van der Waals surface area contributed by atoms with Crippen LogP contribution in [-0.2, 0) is 0 Å². The molecule has 0 fully saturated rings. The maximum Gasteiger partial charge on any atom is 0.257 e. The lowest BCUT2D eigenvalue weighted by molar-refractivity contribution is 0.102. The van der Waals surface area contributed by atoms with E-state index in [2.05, 4.69) is 10.3 Å². The van der Waals surface area contributed by atoms with Gasteiger partial charge in [0.05, 0.1) is 10.2 Å². The number of hydrogen-bond acceptors (Lipinski definition) is 4. The number of carbonyl (C=O) groups excluding carboxylic acids is 1. The summed E-state index contributed by atoms with van der Waals surface area (Å²) >= 11 is 7.32. The van der Waals surface area contributed by atoms with Crippen LogP contribution in [0, 0.1) is 6.92 Å². The van der Waals surface area contributed by atoms with E-state index < -0.39 is 0 Å². The number of amides is 1. The molecule has 3 N–H and O–H groups in total. The molecular weight excluding hydrogens is 306 g/mol. The van der Waals surface area contributed by atoms with Crippen LogP contribution in [0.2, 0.25) is 5.02 Å². The largest absolute Gasteiger partial charge is 0.398 e. The van der Waals surface area contributed by atoms with Gasteiger partial charge in [0, 0.05) is 16.3 Å². The predicted molar refractivity (Wildman–Crippen MR) is 88.2 cm³/mol. The molecule has 3 aromatic rings. The summed E-state index contributed by atoms with van der Waals surface area (Å²) in [6.07, 6.45) is 0. The predicted octanol–water partition coefficient (Wildman–Crippen LogP) is 4.09. The highest BCUT2D eigenvalue weighted by atomic mass is 35.5. The Kier molecular flexibility index (Phi) is 3.53. The summed E-state index contributed by atoms with van der Waals surface area (Å²) < 4.78 is 0.932. The first-order valence-corrected chi connectivity index (χ1v) is 7.46. The lowest BCUT2D eigenvalue weighted by Crippen LogP contribution is -2.12. The van der Waals surface area contributed by atoms with E-state index in [1.54, 1.807) is 18.2 Å². The second kappa shape index (κ2) is 5.35. The Morgan fingerprint density at radius 1 is 1.29 bits per heavy atom. The van der Waals surface area contributed by atoms with Crippen molar-refractivity contribution in [1.82, 2.24) is 4.98 Å². The van der Waals surface area contributed by atoms with Crippen LogP contribution in [0.4, 0.5) is 10.8 Å². The van der Waals surface area contributed by atoms with Gasteiger partial charge in [-0.15, -0.1) is 0 Å². The highest BCUT2D eigenvalue weighted by Gasteiger charge is 2.11. The average molecular weight is 318 g/mol. The molecule has 0 saturated heterocycles. The normalized spacial score (nSPS) is 10.8. The van der Waals surface area contributed by atoms with E-state index in [-0.39, 0.29) is 5.91 Å². The van der Waals surface area contributed by atoms with Crippen LogP contribution in [0.15, 0.2) is 36.4 Å². The molecule has 2 aromatic carbocycles. The van der Waals surface area contributed by atoms with E-state index in [1.165, 1.54) is 11.3 Å². The van der Waals surface area contributed by atoms with E-state index in [9.17, 15) is 4.79 Å². The molecule has 1 amide bonds. The number of aryl methyl sites for hydroxylation is 1. The van der Waals surface area contributed by atoms with Crippen LogP contribution in [0.1, 0.15) is 15.9 Å². The van der Waals surface area contributed by atoms with Gasteiger partial charge in [0.25, 0.3) is 5.91 Å². The fourth-order valence-corrected chi connectivity index (χ4v) is 3.04. The number of carbonyl (C=O) groups is 1. The molecule has 0 aliphatic heterocycles. The third-order valence-electron chi connectivity index (χ3n) is 3.11. The number of rotatable bonds is 2. The number of fused-ring (bicyclic) bond motifs is 1. The molecule has 3 rings (SSSR count). The Morgan fingerprint density at radius 3 is 2.86 bits per heavy atom. The van der Waals surface area contributed by atoms with E-state index in [4.69, 9.17) is 17.3 Å². The number of aromatic nitrogens is 1. The molecule has 0 aliphatic carbocycles. The molecule has 1 heterocycles. The van der Waals surface area contributed by atoms with Gasteiger partial charge in [-0.25, -0.2) is 4.98 Å². The summed E-state index contributed by atoms with van der Waals surface area (Å²) in [4.78, 5) is 16.6. The van der Waals surface area contributed by atoms with Gasteiger partial charge in [0.1, 0.15) is 0 Å². The maximum absolute atomic E-state index is 12.2. The smallest absolute Gasteiger partial charge is 0.257 e. The Hall–Kier alpha value is -2.11. The third-order valence-corrected chi connectivity index (χ3v) is 4.28. The third kappa shape index (κ3) is 2.84. The average Bonchev–Trinajstić information content (AvgIpc) is 2.83. The Labute approximate surface area is 130 Å². The van der Waals surface area contributed by atoms with Crippen molar-refractivity contribution in [3.05, 3.63) is 52.5 Å². The van der Waals surface area contributed by atoms with E-state index in [0.29, 0.717) is 21.4 Å². The molecule has 0 saturated carbocycles. The standard InChI is InChI=1S/C15H12ClN3OS/c1-8-2-3-9(6-11(8)17)14(20)19-15-18-12-5-4-10(16)7-13(12)21-15/h2-7H,17H2,1H3,(H,18,19,20). The number of benzene rings is 2. The van der Waals surface area contributed by atoms with Gasteiger partial charge in [-0.05, 0) is 42.8 Å². The van der Waals surface area contributed by atoms with Crippen molar-refractivity contribution in [2.75, 3.05) is 11.1 Å². The van der Waals surface area contributed by atoms with E-state index in [1.807, 2.05) is 25.1 Å². The topological polar surface area (TPSA) is 68.0 Å². The van der Waals surface area contributed by atoms with Crippen LogP contribution in [0.3, 0.4) is 0 Å². The number of nitrogens with zero attached hydrogens (tertiary/aromatic N) is 1. The van der Waals surface area contributed by atoms with E-state index >= 15 is 0 Å². The van der Waals surface area contributed by atoms with Gasteiger partial charge in [-0.3, -0.25) is 10.1 Å². The van der Waals surface area contributed by atoms with Gasteiger partial charge in [0.15, 0.2) is 5.13 Å². The number of nitrogen functional groups attached to an aromatic ring is 1. The van der Waals surface area contributed by atoms with Crippen molar-refractivity contribution in [2.45, 2.75) is 6.92 Å². The molecule has 0 spiro atoms. The second-order valence-corrected chi connectivity index (χ2v) is 6.12. The van der Waals surface area contributed by atoms with Crippen LogP contribution in [0.25, 0.3) is 10.2 Å². The highest BCUT2D eigenvalue weighted by Crippen LogP contribution is 2.28. The molecule has 0 aliphatic rings. The number of thiazole rings is 1. The number of anilines is 2. The van der Waals surface area contributed by atoms with E-state index in [0.717, 1.165) is 15.8 Å². The van der Waals surface area contributed by atoms with Gasteiger partial charge in [-0.2, -0.15) is 0 Å². The van der Waals surface area contributed by atoms with Crippen molar-refractivity contribution >= 4 is 49.9 Å². The molecule has 21 heavy (non-hydrogen) atoms. The van der Waals surface area contributed by atoms with Crippen molar-refractivity contribution in [3.8, 4) is 0 Å². The van der Waals surface area contributed by atoms with Crippen molar-refractivity contribution in [1.29, 1.82) is 0 Å². The first-order valence-electron chi connectivity index (χ1n) is 6.26. The van der Waals surface area contributed by atoms with Gasteiger partial charge in [-0.1, -0.05) is 29.0 Å². The fourth-order valence-electron chi connectivity index (χ4n) is 1.90. The molecule has 0 atom stereocenters. The molecule has 106 valence electrons. The minimum atomic E-state index is -0.230. The molecule has 0 bridgehead atoms. The van der Waals surface area contributed by atoms with Crippen molar-refractivity contribution < 1.29 is 4.79 Å². The molecule has 4 nitrogen and oxygen atoms in total. The zero-order valence-electron chi connectivity index (χ0n) is 11.2. The Morgan fingerprint density at radius 2 is 2.10 bits per heavy atom. The van der Waals surface area contributed by atoms with Crippen molar-refractivity contribution in [3.63, 3.8) is 0 Å². The zero-order chi connectivity index (χ0) is 15.0. The van der Waals surface area contributed by atoms with Gasteiger partial charge < -0.3 is 5.73 Å². The fraction of sp³-hybridized carbons (Fsp3) is 0.0667. The highest BCUT2D eigenvalue weighted by molar-refractivity contribution is 7.22. The van der Waals surface area contributed by atoms with Gasteiger partial charge in [0.2, 0.25) is 0 Å². The maximum atomic E-state index is 12.2. The molecule has 6 heteroatoms. The summed E-state index contributed by atoms with van der Waals surface area (Å²) in [6.45, 7) is 1.90. The summed E-state index contributed by atoms with van der Waals surface area (Å²) in [6, 6.07) is 10.7. The monoisotopic (exact) mass is 317 g/mol. The van der Waals surface area contributed by atoms with Gasteiger partial charge >= 0.3 is 0 Å². The molecule has 1 aromatic heterocycles. The number of hydrogen-bond donors (Lipinski definition) is 2. The number of nitrogens with two attached hydrogens (primary N) is 1. The molecule has 0 radical (unpaired) electrons.